The summed E-state index contributed by atoms with van der Waals surface area (Å²) in [6, 6.07) is -0.545. The van der Waals surface area contributed by atoms with Gasteiger partial charge in [0.25, 0.3) is 0 Å². The van der Waals surface area contributed by atoms with Crippen molar-refractivity contribution in [2.75, 3.05) is 12.8 Å². The van der Waals surface area contributed by atoms with E-state index in [2.05, 4.69) is 30.7 Å². The highest BCUT2D eigenvalue weighted by atomic mass is 32.2. The molecule has 122 valence electrons. The number of thioether (sulfide) groups is 1. The highest BCUT2D eigenvalue weighted by molar-refractivity contribution is 8.00. The number of hydrogen-bond donors (Lipinski definition) is 3. The molecule has 0 aliphatic heterocycles. The summed E-state index contributed by atoms with van der Waals surface area (Å²) < 4.78 is 0.0586. The molecule has 2 amide bonds. The van der Waals surface area contributed by atoms with E-state index in [1.807, 2.05) is 0 Å². The number of hydrogen-bond acceptors (Lipinski definition) is 3. The minimum atomic E-state index is -0.844. The predicted octanol–water partition coefficient (Wildman–Crippen LogP) is 2.85. The maximum atomic E-state index is 12.1. The molecule has 0 bridgehead atoms. The zero-order valence-electron chi connectivity index (χ0n) is 13.5. The van der Waals surface area contributed by atoms with Gasteiger partial charge in [0.05, 0.1) is 5.41 Å². The quantitative estimate of drug-likeness (QED) is 0.675. The smallest absolute Gasteiger partial charge is 0.315 e. The highest BCUT2D eigenvalue weighted by Crippen LogP contribution is 2.38. The van der Waals surface area contributed by atoms with Crippen LogP contribution in [0.2, 0.25) is 0 Å². The van der Waals surface area contributed by atoms with Gasteiger partial charge in [-0.25, -0.2) is 4.79 Å². The third-order valence-corrected chi connectivity index (χ3v) is 6.63. The van der Waals surface area contributed by atoms with Crippen molar-refractivity contribution < 1.29 is 14.7 Å². The lowest BCUT2D eigenvalue weighted by Gasteiger charge is -2.31. The van der Waals surface area contributed by atoms with Crippen LogP contribution in [-0.4, -0.2) is 40.7 Å². The SMILES string of the molecule is CCC(CC)(CNC(=O)NC1CCCC1(C)C(=O)O)SC. The summed E-state index contributed by atoms with van der Waals surface area (Å²) >= 11 is 1.77. The molecule has 0 spiro atoms. The van der Waals surface area contributed by atoms with Crippen LogP contribution in [-0.2, 0) is 4.79 Å². The number of carboxylic acid groups (broad SMARTS) is 1. The van der Waals surface area contributed by atoms with Crippen molar-refractivity contribution >= 4 is 23.8 Å². The molecule has 0 saturated heterocycles. The van der Waals surface area contributed by atoms with Gasteiger partial charge in [0.15, 0.2) is 0 Å². The molecule has 0 aromatic heterocycles. The third-order valence-electron chi connectivity index (χ3n) is 5.04. The van der Waals surface area contributed by atoms with Crippen molar-refractivity contribution in [1.82, 2.24) is 10.6 Å². The zero-order valence-corrected chi connectivity index (χ0v) is 14.3. The molecule has 1 aliphatic carbocycles. The van der Waals surface area contributed by atoms with E-state index in [9.17, 15) is 14.7 Å². The minimum absolute atomic E-state index is 0.0586. The first-order valence-corrected chi connectivity index (χ1v) is 8.89. The first-order valence-electron chi connectivity index (χ1n) is 7.66. The van der Waals surface area contributed by atoms with Crippen LogP contribution in [0, 0.1) is 5.41 Å². The summed E-state index contributed by atoms with van der Waals surface area (Å²) in [6.45, 7) is 6.57. The molecule has 21 heavy (non-hydrogen) atoms. The van der Waals surface area contributed by atoms with E-state index in [4.69, 9.17) is 0 Å². The topological polar surface area (TPSA) is 78.4 Å². The Labute approximate surface area is 131 Å². The summed E-state index contributed by atoms with van der Waals surface area (Å²) in [5.74, 6) is -0.828. The zero-order chi connectivity index (χ0) is 16.1. The number of urea groups is 1. The maximum Gasteiger partial charge on any atom is 0.315 e. The Morgan fingerprint density at radius 1 is 1.38 bits per heavy atom. The Balaban J connectivity index is 2.56. The maximum absolute atomic E-state index is 12.1. The van der Waals surface area contributed by atoms with Gasteiger partial charge >= 0.3 is 12.0 Å². The molecule has 1 aliphatic rings. The lowest BCUT2D eigenvalue weighted by Crippen LogP contribution is -2.52. The fourth-order valence-corrected chi connectivity index (χ4v) is 3.76. The van der Waals surface area contributed by atoms with Gasteiger partial charge in [0, 0.05) is 17.3 Å². The molecule has 1 fully saturated rings. The molecule has 0 aromatic carbocycles. The Bertz CT molecular complexity index is 377. The fourth-order valence-electron chi connectivity index (χ4n) is 2.97. The number of carbonyl (C=O) groups excluding carboxylic acids is 1. The van der Waals surface area contributed by atoms with Crippen LogP contribution in [0.5, 0.6) is 0 Å². The van der Waals surface area contributed by atoms with Crippen molar-refractivity contribution in [1.29, 1.82) is 0 Å². The second kappa shape index (κ2) is 7.38. The van der Waals surface area contributed by atoms with Gasteiger partial charge in [0.1, 0.15) is 0 Å². The fraction of sp³-hybridized carbons (Fsp3) is 0.867. The molecular formula is C15H28N2O3S. The average Bonchev–Trinajstić information content (AvgIpc) is 2.84. The number of carboxylic acids is 1. The van der Waals surface area contributed by atoms with Crippen molar-refractivity contribution in [3.8, 4) is 0 Å². The van der Waals surface area contributed by atoms with Crippen LogP contribution >= 0.6 is 11.8 Å². The lowest BCUT2D eigenvalue weighted by atomic mass is 9.85. The lowest BCUT2D eigenvalue weighted by molar-refractivity contribution is -0.148. The van der Waals surface area contributed by atoms with Gasteiger partial charge in [-0.2, -0.15) is 11.8 Å². The van der Waals surface area contributed by atoms with E-state index < -0.39 is 11.4 Å². The second-order valence-electron chi connectivity index (χ2n) is 6.09. The Hall–Kier alpha value is -0.910. The molecule has 2 atom stereocenters. The van der Waals surface area contributed by atoms with Gasteiger partial charge in [-0.3, -0.25) is 4.79 Å². The number of rotatable bonds is 7. The first-order chi connectivity index (χ1) is 9.83. The van der Waals surface area contributed by atoms with Crippen LogP contribution in [0.3, 0.4) is 0 Å². The van der Waals surface area contributed by atoms with Gasteiger partial charge in [0.2, 0.25) is 0 Å². The van der Waals surface area contributed by atoms with Crippen LogP contribution in [0.4, 0.5) is 4.79 Å². The summed E-state index contributed by atoms with van der Waals surface area (Å²) in [4.78, 5) is 23.5. The number of amides is 2. The molecule has 1 saturated carbocycles. The van der Waals surface area contributed by atoms with Gasteiger partial charge in [-0.1, -0.05) is 20.3 Å². The summed E-state index contributed by atoms with van der Waals surface area (Å²) in [5, 5.41) is 15.1. The molecule has 0 aromatic rings. The van der Waals surface area contributed by atoms with Crippen LogP contribution in [0.1, 0.15) is 52.9 Å². The summed E-state index contributed by atoms with van der Waals surface area (Å²) in [5.41, 5.74) is -0.844. The van der Waals surface area contributed by atoms with E-state index in [1.165, 1.54) is 0 Å². The third kappa shape index (κ3) is 4.05. The van der Waals surface area contributed by atoms with Crippen molar-refractivity contribution in [2.45, 2.75) is 63.7 Å². The highest BCUT2D eigenvalue weighted by Gasteiger charge is 2.46. The molecule has 0 heterocycles. The standard InChI is InChI=1S/C15H28N2O3S/c1-5-15(6-2,21-4)10-16-13(20)17-11-8-7-9-14(11,3)12(18)19/h11H,5-10H2,1-4H3,(H,18,19)(H2,16,17,20). The second-order valence-corrected chi connectivity index (χ2v) is 7.36. The monoisotopic (exact) mass is 316 g/mol. The van der Waals surface area contributed by atoms with Gasteiger partial charge < -0.3 is 15.7 Å². The van der Waals surface area contributed by atoms with E-state index >= 15 is 0 Å². The van der Waals surface area contributed by atoms with E-state index in [-0.39, 0.29) is 16.8 Å². The molecule has 2 unspecified atom stereocenters. The molecule has 0 radical (unpaired) electrons. The van der Waals surface area contributed by atoms with Crippen LogP contribution in [0.25, 0.3) is 0 Å². The van der Waals surface area contributed by atoms with Gasteiger partial charge in [-0.15, -0.1) is 0 Å². The number of nitrogens with one attached hydrogen (secondary N) is 2. The molecule has 3 N–H and O–H groups in total. The molecule has 5 nitrogen and oxygen atoms in total. The van der Waals surface area contributed by atoms with Crippen molar-refractivity contribution in [3.05, 3.63) is 0 Å². The van der Waals surface area contributed by atoms with Crippen molar-refractivity contribution in [2.24, 2.45) is 5.41 Å². The van der Waals surface area contributed by atoms with Crippen molar-refractivity contribution in [3.63, 3.8) is 0 Å². The Morgan fingerprint density at radius 2 is 2.00 bits per heavy atom. The molecule has 1 rings (SSSR count). The average molecular weight is 316 g/mol. The normalized spacial score (nSPS) is 25.6. The largest absolute Gasteiger partial charge is 0.481 e. The van der Waals surface area contributed by atoms with E-state index in [0.717, 1.165) is 25.7 Å². The molecular weight excluding hydrogens is 288 g/mol. The van der Waals surface area contributed by atoms with Crippen LogP contribution < -0.4 is 10.6 Å². The number of carbonyl (C=O) groups is 2. The number of aliphatic carboxylic acids is 1. The first kappa shape index (κ1) is 18.1. The Kier molecular flexibility index (Phi) is 6.38. The van der Waals surface area contributed by atoms with Gasteiger partial charge in [-0.05, 0) is 38.9 Å². The van der Waals surface area contributed by atoms with E-state index in [1.54, 1.807) is 18.7 Å². The molecule has 6 heteroatoms. The Morgan fingerprint density at radius 3 is 2.48 bits per heavy atom. The predicted molar refractivity (Wildman–Crippen MR) is 86.7 cm³/mol. The summed E-state index contributed by atoms with van der Waals surface area (Å²) in [7, 11) is 0. The van der Waals surface area contributed by atoms with E-state index in [0.29, 0.717) is 13.0 Å². The minimum Gasteiger partial charge on any atom is -0.481 e. The van der Waals surface area contributed by atoms with Crippen LogP contribution in [0.15, 0.2) is 0 Å². The summed E-state index contributed by atoms with van der Waals surface area (Å²) in [6.07, 6.45) is 6.22.